The Morgan fingerprint density at radius 3 is 2.38 bits per heavy atom. The Hall–Kier alpha value is -3.64. The molecular weight excluding hydrogens is 672 g/mol. The van der Waals surface area contributed by atoms with Crippen LogP contribution in [0.5, 0.6) is 0 Å². The van der Waals surface area contributed by atoms with Gasteiger partial charge in [-0.3, -0.25) is 9.89 Å². The molecule has 11 nitrogen and oxygen atoms in total. The van der Waals surface area contributed by atoms with Gasteiger partial charge in [-0.2, -0.15) is 5.10 Å². The van der Waals surface area contributed by atoms with Gasteiger partial charge in [-0.05, 0) is 122 Å². The van der Waals surface area contributed by atoms with Crippen molar-refractivity contribution in [2.45, 2.75) is 63.5 Å². The number of para-hydroxylation sites is 1. The summed E-state index contributed by atoms with van der Waals surface area (Å²) in [5, 5.41) is 14.4. The van der Waals surface area contributed by atoms with E-state index >= 15 is 0 Å². The number of nitrogens with zero attached hydrogens (tertiary/aromatic N) is 5. The number of carbonyl (C=O) groups is 3. The van der Waals surface area contributed by atoms with Crippen molar-refractivity contribution in [1.82, 2.24) is 35.1 Å². The van der Waals surface area contributed by atoms with Crippen molar-refractivity contribution < 1.29 is 14.4 Å². The number of aromatic nitrogens is 2. The fraction of sp³-hybridized carbons (Fsp3) is 0.556. The second-order valence-electron chi connectivity index (χ2n) is 14.2. The Kier molecular flexibility index (Phi) is 9.90. The first-order valence-electron chi connectivity index (χ1n) is 17.6. The molecular formula is C36H47BrN8O3. The number of fused-ring (bicyclic) bond motifs is 2. The van der Waals surface area contributed by atoms with Gasteiger partial charge in [-0.1, -0.05) is 18.2 Å². The number of anilines is 1. The van der Waals surface area contributed by atoms with Gasteiger partial charge in [0.25, 0.3) is 0 Å². The van der Waals surface area contributed by atoms with E-state index in [4.69, 9.17) is 0 Å². The number of piperidine rings is 3. The summed E-state index contributed by atoms with van der Waals surface area (Å²) in [5.74, 6) is 1.40. The molecule has 3 N–H and O–H groups in total. The van der Waals surface area contributed by atoms with E-state index in [-0.39, 0.29) is 24.0 Å². The zero-order valence-electron chi connectivity index (χ0n) is 27.8. The molecule has 0 aliphatic carbocycles. The molecule has 1 atom stereocenters. The van der Waals surface area contributed by atoms with E-state index < -0.39 is 6.04 Å². The highest BCUT2D eigenvalue weighted by Gasteiger charge is 2.36. The lowest BCUT2D eigenvalue weighted by molar-refractivity contribution is -0.135. The van der Waals surface area contributed by atoms with E-state index in [1.54, 1.807) is 6.20 Å². The number of urea groups is 2. The van der Waals surface area contributed by atoms with Crippen molar-refractivity contribution in [2.75, 3.05) is 58.2 Å². The lowest BCUT2D eigenvalue weighted by atomic mass is 9.79. The molecule has 4 aliphatic heterocycles. The molecule has 7 rings (SSSR count). The normalized spacial score (nSPS) is 21.1. The summed E-state index contributed by atoms with van der Waals surface area (Å²) in [7, 11) is 2.20. The summed E-state index contributed by atoms with van der Waals surface area (Å²) in [6.07, 6.45) is 8.90. The second kappa shape index (κ2) is 14.5. The van der Waals surface area contributed by atoms with Crippen LogP contribution in [0, 0.1) is 11.8 Å². The Bertz CT molecular complexity index is 1620. The highest BCUT2D eigenvalue weighted by Crippen LogP contribution is 2.33. The van der Waals surface area contributed by atoms with Crippen LogP contribution >= 0.6 is 15.9 Å². The van der Waals surface area contributed by atoms with Crippen LogP contribution in [0.25, 0.3) is 10.9 Å². The summed E-state index contributed by atoms with van der Waals surface area (Å²) >= 11 is 3.65. The Balaban J connectivity index is 0.996. The number of nitrogens with one attached hydrogen (secondary N) is 3. The van der Waals surface area contributed by atoms with E-state index in [1.165, 1.54) is 12.8 Å². The highest BCUT2D eigenvalue weighted by molar-refractivity contribution is 9.10. The second-order valence-corrected chi connectivity index (χ2v) is 15.0. The molecule has 256 valence electrons. The van der Waals surface area contributed by atoms with Gasteiger partial charge >= 0.3 is 12.1 Å². The molecule has 48 heavy (non-hydrogen) atoms. The molecule has 5 heterocycles. The molecule has 0 spiro atoms. The zero-order chi connectivity index (χ0) is 33.2. The third-order valence-corrected chi connectivity index (χ3v) is 11.8. The van der Waals surface area contributed by atoms with Gasteiger partial charge in [0.2, 0.25) is 5.91 Å². The maximum atomic E-state index is 14.2. The summed E-state index contributed by atoms with van der Waals surface area (Å²) in [6, 6.07) is 11.1. The molecule has 3 saturated heterocycles. The molecule has 1 aromatic heterocycles. The van der Waals surface area contributed by atoms with Crippen LogP contribution in [0.15, 0.2) is 47.1 Å². The van der Waals surface area contributed by atoms with Crippen molar-refractivity contribution in [3.63, 3.8) is 0 Å². The number of hydrogen-bond acceptors (Lipinski definition) is 5. The molecule has 0 bridgehead atoms. The maximum absolute atomic E-state index is 14.2. The Morgan fingerprint density at radius 2 is 1.62 bits per heavy atom. The minimum absolute atomic E-state index is 0.00993. The van der Waals surface area contributed by atoms with Crippen molar-refractivity contribution >= 4 is 50.5 Å². The number of likely N-dealkylation sites (tertiary alicyclic amines) is 3. The number of H-pyrrole nitrogens is 1. The van der Waals surface area contributed by atoms with Crippen LogP contribution in [0.2, 0.25) is 0 Å². The minimum Gasteiger partial charge on any atom is -0.341 e. The third-order valence-electron chi connectivity index (χ3n) is 11.2. The number of carbonyl (C=O) groups excluding carboxylic acids is 3. The topological polar surface area (TPSA) is 117 Å². The van der Waals surface area contributed by atoms with E-state index in [0.29, 0.717) is 44.8 Å². The molecule has 12 heteroatoms. The summed E-state index contributed by atoms with van der Waals surface area (Å²) in [5.41, 5.74) is 3.89. The maximum Gasteiger partial charge on any atom is 0.322 e. The standard InChI is InChI=1S/C36H47BrN8O3/c1-42-13-6-25(7-14-42)26-8-15-43(16-9-26)34(46)32(22-24-20-28-23-38-41-33(28)30(37)21-24)40-35(47)44-17-11-29(12-18-44)45-19-10-27-4-2-3-5-31(27)39-36(45)48/h2-5,20-21,23,25-26,29,32H,6-19,22H2,1H3,(H,38,41)(H,39,48)(H,40,47). The average molecular weight is 720 g/mol. The van der Waals surface area contributed by atoms with Gasteiger partial charge in [0, 0.05) is 60.7 Å². The van der Waals surface area contributed by atoms with Crippen molar-refractivity contribution in [2.24, 2.45) is 11.8 Å². The van der Waals surface area contributed by atoms with E-state index in [0.717, 1.165) is 83.5 Å². The van der Waals surface area contributed by atoms with Gasteiger partial charge < -0.3 is 30.2 Å². The lowest BCUT2D eigenvalue weighted by Crippen LogP contribution is -2.57. The molecule has 1 unspecified atom stereocenters. The number of halogens is 1. The predicted molar refractivity (Wildman–Crippen MR) is 190 cm³/mol. The van der Waals surface area contributed by atoms with Gasteiger partial charge in [-0.25, -0.2) is 9.59 Å². The lowest BCUT2D eigenvalue weighted by Gasteiger charge is -2.41. The molecule has 2 aromatic carbocycles. The van der Waals surface area contributed by atoms with Crippen LogP contribution in [0.3, 0.4) is 0 Å². The largest absolute Gasteiger partial charge is 0.341 e. The van der Waals surface area contributed by atoms with Gasteiger partial charge in [0.15, 0.2) is 0 Å². The fourth-order valence-corrected chi connectivity index (χ4v) is 8.91. The molecule has 5 amide bonds. The van der Waals surface area contributed by atoms with Gasteiger partial charge in [-0.15, -0.1) is 0 Å². The van der Waals surface area contributed by atoms with Crippen LogP contribution in [0.1, 0.15) is 49.7 Å². The number of aromatic amines is 1. The van der Waals surface area contributed by atoms with Crippen LogP contribution in [-0.2, 0) is 17.6 Å². The molecule has 3 fully saturated rings. The van der Waals surface area contributed by atoms with Gasteiger partial charge in [0.05, 0.1) is 11.7 Å². The fourth-order valence-electron chi connectivity index (χ4n) is 8.30. The first-order chi connectivity index (χ1) is 23.3. The minimum atomic E-state index is -0.679. The van der Waals surface area contributed by atoms with Crippen molar-refractivity contribution in [3.8, 4) is 0 Å². The van der Waals surface area contributed by atoms with Crippen LogP contribution < -0.4 is 10.6 Å². The van der Waals surface area contributed by atoms with E-state index in [9.17, 15) is 14.4 Å². The van der Waals surface area contributed by atoms with Crippen molar-refractivity contribution in [3.05, 3.63) is 58.2 Å². The van der Waals surface area contributed by atoms with E-state index in [1.807, 2.05) is 45.0 Å². The molecule has 3 aromatic rings. The predicted octanol–water partition coefficient (Wildman–Crippen LogP) is 5.08. The third kappa shape index (κ3) is 7.19. The zero-order valence-corrected chi connectivity index (χ0v) is 29.4. The smallest absolute Gasteiger partial charge is 0.322 e. The van der Waals surface area contributed by atoms with Gasteiger partial charge in [0.1, 0.15) is 6.04 Å². The summed E-state index contributed by atoms with van der Waals surface area (Å²) in [6.45, 7) is 5.50. The monoisotopic (exact) mass is 718 g/mol. The number of benzene rings is 2. The molecule has 4 aliphatic rings. The van der Waals surface area contributed by atoms with Crippen molar-refractivity contribution in [1.29, 1.82) is 0 Å². The number of hydrogen-bond donors (Lipinski definition) is 3. The number of amides is 5. The van der Waals surface area contributed by atoms with Crippen LogP contribution in [-0.4, -0.2) is 113 Å². The first-order valence-corrected chi connectivity index (χ1v) is 18.4. The molecule has 0 saturated carbocycles. The molecule has 0 radical (unpaired) electrons. The Labute approximate surface area is 290 Å². The quantitative estimate of drug-likeness (QED) is 0.329. The first kappa shape index (κ1) is 32.9. The highest BCUT2D eigenvalue weighted by atomic mass is 79.9. The SMILES string of the molecule is CN1CCC(C2CCN(C(=O)C(Cc3cc(Br)c4[nH]ncc4c3)NC(=O)N3CCC(N4CCc5ccccc5NC4=O)CC3)CC2)CC1. The summed E-state index contributed by atoms with van der Waals surface area (Å²) < 4.78 is 0.881. The summed E-state index contributed by atoms with van der Waals surface area (Å²) in [4.78, 5) is 49.2. The van der Waals surface area contributed by atoms with Crippen LogP contribution in [0.4, 0.5) is 15.3 Å². The average Bonchev–Trinajstić information content (AvgIpc) is 3.52. The van der Waals surface area contributed by atoms with E-state index in [2.05, 4.69) is 54.8 Å². The Morgan fingerprint density at radius 1 is 0.938 bits per heavy atom. The number of rotatable bonds is 6.